The molecule has 2 heterocycles. The number of carbonyl (C=O) groups is 1. The van der Waals surface area contributed by atoms with E-state index in [1.54, 1.807) is 0 Å². The average Bonchev–Trinajstić information content (AvgIpc) is 2.54. The van der Waals surface area contributed by atoms with Crippen molar-refractivity contribution in [3.8, 4) is 0 Å². The smallest absolute Gasteiger partial charge is 0.231 e. The molecule has 4 nitrogen and oxygen atoms in total. The molecule has 3 atom stereocenters. The van der Waals surface area contributed by atoms with Crippen LogP contribution in [0.2, 0.25) is 0 Å². The topological polar surface area (TPSA) is 56.2 Å². The summed E-state index contributed by atoms with van der Waals surface area (Å²) in [5, 5.41) is 10.5. The Hall–Kier alpha value is -1.32. The van der Waals surface area contributed by atoms with Gasteiger partial charge in [-0.2, -0.15) is 0 Å². The van der Waals surface area contributed by atoms with Crippen LogP contribution in [0, 0.1) is 11.3 Å². The lowest BCUT2D eigenvalue weighted by molar-refractivity contribution is -0.126. The van der Waals surface area contributed by atoms with Gasteiger partial charge < -0.3 is 4.90 Å². The normalized spacial score (nSPS) is 40.0. The van der Waals surface area contributed by atoms with Crippen LogP contribution in [0.5, 0.6) is 0 Å². The van der Waals surface area contributed by atoms with Gasteiger partial charge in [0.2, 0.25) is 5.91 Å². The van der Waals surface area contributed by atoms with Crippen LogP contribution in [-0.2, 0) is 4.79 Å². The van der Waals surface area contributed by atoms with Crippen molar-refractivity contribution in [2.24, 2.45) is 5.92 Å². The molecule has 0 aromatic carbocycles. The van der Waals surface area contributed by atoms with Crippen molar-refractivity contribution in [3.63, 3.8) is 0 Å². The summed E-state index contributed by atoms with van der Waals surface area (Å²) in [6, 6.07) is 0.161. The lowest BCUT2D eigenvalue weighted by atomic mass is 9.97. The highest BCUT2D eigenvalue weighted by atomic mass is 16.2. The molecule has 0 saturated carbocycles. The van der Waals surface area contributed by atoms with Gasteiger partial charge in [0.25, 0.3) is 0 Å². The second-order valence-corrected chi connectivity index (χ2v) is 4.66. The highest BCUT2D eigenvalue weighted by Crippen LogP contribution is 2.39. The van der Waals surface area contributed by atoms with Gasteiger partial charge in [0.1, 0.15) is 0 Å². The van der Waals surface area contributed by atoms with E-state index in [1.807, 2.05) is 17.9 Å². The van der Waals surface area contributed by atoms with E-state index >= 15 is 0 Å². The van der Waals surface area contributed by atoms with E-state index in [0.717, 1.165) is 12.8 Å². The number of carbonyl (C=O) groups excluding carboxylic acids is 1. The zero-order valence-corrected chi connectivity index (χ0v) is 9.21. The fraction of sp³-hybridized carbons (Fsp3) is 0.636. The Balaban J connectivity index is 2.36. The van der Waals surface area contributed by atoms with Crippen LogP contribution in [0.15, 0.2) is 12.7 Å². The third-order valence-corrected chi connectivity index (χ3v) is 3.74. The van der Waals surface area contributed by atoms with Gasteiger partial charge in [-0.1, -0.05) is 13.0 Å². The first-order chi connectivity index (χ1) is 6.99. The summed E-state index contributed by atoms with van der Waals surface area (Å²) in [4.78, 5) is 13.5. The van der Waals surface area contributed by atoms with Crippen LogP contribution in [0.25, 0.3) is 0 Å². The van der Waals surface area contributed by atoms with E-state index in [1.165, 1.54) is 0 Å². The van der Waals surface area contributed by atoms with Gasteiger partial charge >= 0.3 is 0 Å². The Bertz CT molecular complexity index is 339. The highest BCUT2D eigenvalue weighted by Gasteiger charge is 2.49. The Kier molecular flexibility index (Phi) is 2.10. The summed E-state index contributed by atoms with van der Waals surface area (Å²) >= 11 is 0. The predicted molar refractivity (Wildman–Crippen MR) is 58.5 cm³/mol. The van der Waals surface area contributed by atoms with E-state index in [4.69, 9.17) is 5.41 Å². The van der Waals surface area contributed by atoms with E-state index in [9.17, 15) is 4.79 Å². The number of fused-ring (bicyclic) bond motifs is 1. The maximum absolute atomic E-state index is 11.5. The molecule has 0 unspecified atom stereocenters. The summed E-state index contributed by atoms with van der Waals surface area (Å²) in [6.07, 6.45) is 3.80. The molecule has 0 aliphatic carbocycles. The monoisotopic (exact) mass is 207 g/mol. The molecular weight excluding hydrogens is 190 g/mol. The van der Waals surface area contributed by atoms with Gasteiger partial charge in [0, 0.05) is 6.04 Å². The maximum Gasteiger partial charge on any atom is 0.231 e. The number of guanidine groups is 1. The molecule has 2 aliphatic heterocycles. The third kappa shape index (κ3) is 1.28. The molecular formula is C11H17N3O. The zero-order chi connectivity index (χ0) is 11.2. The first kappa shape index (κ1) is 10.2. The highest BCUT2D eigenvalue weighted by molar-refractivity contribution is 6.00. The molecule has 2 N–H and O–H groups in total. The summed E-state index contributed by atoms with van der Waals surface area (Å²) < 4.78 is 0. The van der Waals surface area contributed by atoms with Gasteiger partial charge in [-0.3, -0.25) is 15.5 Å². The van der Waals surface area contributed by atoms with Crippen LogP contribution >= 0.6 is 0 Å². The molecule has 1 amide bonds. The maximum atomic E-state index is 11.5. The van der Waals surface area contributed by atoms with Gasteiger partial charge in [-0.05, 0) is 19.8 Å². The van der Waals surface area contributed by atoms with Crippen LogP contribution in [0.1, 0.15) is 26.7 Å². The molecule has 2 saturated heterocycles. The first-order valence-electron chi connectivity index (χ1n) is 5.32. The number of hydrogen-bond donors (Lipinski definition) is 2. The Morgan fingerprint density at radius 2 is 2.40 bits per heavy atom. The number of nitrogens with one attached hydrogen (secondary N) is 2. The molecule has 0 spiro atoms. The van der Waals surface area contributed by atoms with Crippen LogP contribution in [0.3, 0.4) is 0 Å². The van der Waals surface area contributed by atoms with E-state index in [2.05, 4.69) is 18.8 Å². The lowest BCUT2D eigenvalue weighted by Crippen LogP contribution is -2.62. The second-order valence-electron chi connectivity index (χ2n) is 4.66. The molecule has 82 valence electrons. The van der Waals surface area contributed by atoms with Crippen molar-refractivity contribution >= 4 is 11.9 Å². The van der Waals surface area contributed by atoms with Crippen molar-refractivity contribution in [1.29, 1.82) is 5.41 Å². The molecule has 0 bridgehead atoms. The summed E-state index contributed by atoms with van der Waals surface area (Å²) in [5.41, 5.74) is -0.177. The fourth-order valence-corrected chi connectivity index (χ4v) is 2.63. The standard InChI is InChI=1S/C11H17N3O/c1-4-11(3)6-5-8-7(2)9(15)13-10(12)14(8)11/h4,7-8H,1,5-6H2,2-3H3,(H2,12,13,15)/t7-,8-,11-/m0/s1. The molecule has 2 aliphatic rings. The molecule has 0 radical (unpaired) electrons. The minimum absolute atomic E-state index is 0.0328. The van der Waals surface area contributed by atoms with Gasteiger partial charge in [0.15, 0.2) is 5.96 Å². The quantitative estimate of drug-likeness (QED) is 0.632. The van der Waals surface area contributed by atoms with Crippen LogP contribution in [0.4, 0.5) is 0 Å². The number of hydrogen-bond acceptors (Lipinski definition) is 2. The van der Waals surface area contributed by atoms with Gasteiger partial charge in [-0.15, -0.1) is 6.58 Å². The summed E-state index contributed by atoms with van der Waals surface area (Å²) in [5.74, 6) is 0.151. The van der Waals surface area contributed by atoms with Crippen molar-refractivity contribution < 1.29 is 4.79 Å². The SMILES string of the molecule is C=C[C@@]1(C)CC[C@H]2[C@H](C)C(=O)NC(=N)N21. The van der Waals surface area contributed by atoms with Gasteiger partial charge in [-0.25, -0.2) is 0 Å². The largest absolute Gasteiger partial charge is 0.330 e. The fourth-order valence-electron chi connectivity index (χ4n) is 2.63. The Labute approximate surface area is 89.8 Å². The Morgan fingerprint density at radius 1 is 1.73 bits per heavy atom. The molecule has 0 aromatic rings. The average molecular weight is 207 g/mol. The minimum atomic E-state index is -0.177. The van der Waals surface area contributed by atoms with Crippen LogP contribution < -0.4 is 5.32 Å². The third-order valence-electron chi connectivity index (χ3n) is 3.74. The number of rotatable bonds is 1. The summed E-state index contributed by atoms with van der Waals surface area (Å²) in [6.45, 7) is 7.83. The predicted octanol–water partition coefficient (Wildman–Crippen LogP) is 1.10. The minimum Gasteiger partial charge on any atom is -0.330 e. The van der Waals surface area contributed by atoms with E-state index in [-0.39, 0.29) is 29.4 Å². The number of amides is 1. The van der Waals surface area contributed by atoms with Crippen molar-refractivity contribution in [2.45, 2.75) is 38.3 Å². The molecule has 15 heavy (non-hydrogen) atoms. The van der Waals surface area contributed by atoms with Gasteiger partial charge in [0.05, 0.1) is 11.5 Å². The Morgan fingerprint density at radius 3 is 3.00 bits per heavy atom. The molecule has 4 heteroatoms. The molecule has 2 rings (SSSR count). The van der Waals surface area contributed by atoms with Crippen molar-refractivity contribution in [2.75, 3.05) is 0 Å². The van der Waals surface area contributed by atoms with Crippen LogP contribution in [-0.4, -0.2) is 28.3 Å². The zero-order valence-electron chi connectivity index (χ0n) is 9.21. The van der Waals surface area contributed by atoms with Crippen molar-refractivity contribution in [3.05, 3.63) is 12.7 Å². The molecule has 2 fully saturated rings. The molecule has 0 aromatic heterocycles. The number of nitrogens with zero attached hydrogens (tertiary/aromatic N) is 1. The van der Waals surface area contributed by atoms with Crippen molar-refractivity contribution in [1.82, 2.24) is 10.2 Å². The summed E-state index contributed by atoms with van der Waals surface area (Å²) in [7, 11) is 0. The van der Waals surface area contributed by atoms with E-state index in [0.29, 0.717) is 0 Å². The lowest BCUT2D eigenvalue weighted by Gasteiger charge is -2.43. The van der Waals surface area contributed by atoms with E-state index < -0.39 is 0 Å². The first-order valence-corrected chi connectivity index (χ1v) is 5.32. The second kappa shape index (κ2) is 3.08.